The molecule has 0 fully saturated rings. The van der Waals surface area contributed by atoms with Crippen LogP contribution in [-0.2, 0) is 13.0 Å². The van der Waals surface area contributed by atoms with Crippen molar-refractivity contribution in [1.82, 2.24) is 18.8 Å². The lowest BCUT2D eigenvalue weighted by Gasteiger charge is -2.26. The number of halogens is 1. The van der Waals surface area contributed by atoms with Gasteiger partial charge in [0.05, 0.1) is 17.6 Å². The molecule has 0 radical (unpaired) electrons. The van der Waals surface area contributed by atoms with Gasteiger partial charge in [-0.2, -0.15) is 4.37 Å². The molecule has 37 heavy (non-hydrogen) atoms. The molecule has 0 aliphatic carbocycles. The maximum absolute atomic E-state index is 13.5. The molecular formula is C28H32FN5O2S. The lowest BCUT2D eigenvalue weighted by molar-refractivity contribution is 0.0730. The normalized spacial score (nSPS) is 12.1. The van der Waals surface area contributed by atoms with Gasteiger partial charge in [-0.05, 0) is 74.1 Å². The highest BCUT2D eigenvalue weighted by atomic mass is 32.1. The highest BCUT2D eigenvalue weighted by molar-refractivity contribution is 7.12. The number of aromatic nitrogens is 3. The van der Waals surface area contributed by atoms with Crippen molar-refractivity contribution in [3.8, 4) is 0 Å². The van der Waals surface area contributed by atoms with Gasteiger partial charge in [0.15, 0.2) is 4.83 Å². The molecule has 194 valence electrons. The Hall–Kier alpha value is -3.43. The molecule has 2 heterocycles. The first kappa shape index (κ1) is 26.6. The molecule has 9 heteroatoms. The molecule has 0 saturated carbocycles. The fourth-order valence-electron chi connectivity index (χ4n) is 4.39. The van der Waals surface area contributed by atoms with Crippen molar-refractivity contribution < 1.29 is 9.18 Å². The van der Waals surface area contributed by atoms with E-state index in [2.05, 4.69) is 4.37 Å². The van der Waals surface area contributed by atoms with Crippen LogP contribution in [0.4, 0.5) is 4.39 Å². The average Bonchev–Trinajstić information content (AvgIpc) is 3.25. The molecule has 4 aromatic rings. The van der Waals surface area contributed by atoms with Gasteiger partial charge in [0.25, 0.3) is 11.5 Å². The summed E-state index contributed by atoms with van der Waals surface area (Å²) in [6.07, 6.45) is 1.19. The summed E-state index contributed by atoms with van der Waals surface area (Å²) in [6.45, 7) is 7.66. The van der Waals surface area contributed by atoms with Crippen molar-refractivity contribution in [1.29, 1.82) is 0 Å². The van der Waals surface area contributed by atoms with E-state index in [4.69, 9.17) is 10.7 Å². The summed E-state index contributed by atoms with van der Waals surface area (Å²) in [5, 5.41) is 0.516. The number of fused-ring (bicyclic) bond motifs is 1. The number of hydrogen-bond acceptors (Lipinski definition) is 6. The van der Waals surface area contributed by atoms with E-state index in [9.17, 15) is 14.0 Å². The molecule has 0 saturated heterocycles. The SMILES string of the molecule is Cc1ccc(C(=O)N(CCCN)CC(C)Cc2nc3snc(C)c3c(=O)n2Cc2ccc(F)cc2)cc1. The Morgan fingerprint density at radius 2 is 1.84 bits per heavy atom. The maximum Gasteiger partial charge on any atom is 0.264 e. The minimum absolute atomic E-state index is 0.0185. The topological polar surface area (TPSA) is 94.1 Å². The molecule has 1 unspecified atom stereocenters. The molecule has 4 rings (SSSR count). The number of carbonyl (C=O) groups is 1. The van der Waals surface area contributed by atoms with E-state index in [-0.39, 0.29) is 29.7 Å². The predicted molar refractivity (Wildman–Crippen MR) is 146 cm³/mol. The Kier molecular flexibility index (Phi) is 8.45. The molecule has 0 aliphatic heterocycles. The highest BCUT2D eigenvalue weighted by Gasteiger charge is 2.22. The Labute approximate surface area is 219 Å². The van der Waals surface area contributed by atoms with E-state index >= 15 is 0 Å². The van der Waals surface area contributed by atoms with Crippen LogP contribution in [0, 0.1) is 25.6 Å². The first-order valence-electron chi connectivity index (χ1n) is 12.4. The monoisotopic (exact) mass is 521 g/mol. The van der Waals surface area contributed by atoms with E-state index < -0.39 is 0 Å². The van der Waals surface area contributed by atoms with Gasteiger partial charge in [-0.1, -0.05) is 36.8 Å². The zero-order chi connectivity index (χ0) is 26.5. The average molecular weight is 522 g/mol. The number of nitrogens with zero attached hydrogens (tertiary/aromatic N) is 4. The number of benzene rings is 2. The second kappa shape index (κ2) is 11.7. The lowest BCUT2D eigenvalue weighted by Crippen LogP contribution is -2.37. The van der Waals surface area contributed by atoms with Crippen LogP contribution in [0.1, 0.15) is 46.3 Å². The largest absolute Gasteiger partial charge is 0.338 e. The molecule has 1 amide bonds. The van der Waals surface area contributed by atoms with Crippen LogP contribution in [-0.4, -0.2) is 44.4 Å². The third-order valence-corrected chi connectivity index (χ3v) is 7.21. The van der Waals surface area contributed by atoms with Gasteiger partial charge in [-0.25, -0.2) is 9.37 Å². The van der Waals surface area contributed by atoms with Gasteiger partial charge in [-0.3, -0.25) is 14.2 Å². The lowest BCUT2D eigenvalue weighted by atomic mass is 10.0. The van der Waals surface area contributed by atoms with Gasteiger partial charge in [0, 0.05) is 25.1 Å². The second-order valence-electron chi connectivity index (χ2n) is 9.56. The smallest absolute Gasteiger partial charge is 0.264 e. The van der Waals surface area contributed by atoms with Crippen molar-refractivity contribution in [2.45, 2.75) is 40.2 Å². The van der Waals surface area contributed by atoms with Gasteiger partial charge in [0.2, 0.25) is 0 Å². The van der Waals surface area contributed by atoms with Crippen molar-refractivity contribution >= 4 is 27.7 Å². The molecule has 7 nitrogen and oxygen atoms in total. The molecule has 1 atom stereocenters. The summed E-state index contributed by atoms with van der Waals surface area (Å²) >= 11 is 1.21. The van der Waals surface area contributed by atoms with Crippen LogP contribution in [0.2, 0.25) is 0 Å². The maximum atomic E-state index is 13.5. The summed E-state index contributed by atoms with van der Waals surface area (Å²) in [5.41, 5.74) is 8.79. The van der Waals surface area contributed by atoms with Gasteiger partial charge in [-0.15, -0.1) is 0 Å². The van der Waals surface area contributed by atoms with Crippen molar-refractivity contribution in [3.05, 3.63) is 92.9 Å². The number of hydrogen-bond donors (Lipinski definition) is 1. The highest BCUT2D eigenvalue weighted by Crippen LogP contribution is 2.20. The van der Waals surface area contributed by atoms with Crippen molar-refractivity contribution in [2.24, 2.45) is 11.7 Å². The predicted octanol–water partition coefficient (Wildman–Crippen LogP) is 4.33. The van der Waals surface area contributed by atoms with Crippen LogP contribution >= 0.6 is 11.5 Å². The summed E-state index contributed by atoms with van der Waals surface area (Å²) in [7, 11) is 0. The first-order chi connectivity index (χ1) is 17.8. The van der Waals surface area contributed by atoms with Crippen LogP contribution in [0.5, 0.6) is 0 Å². The van der Waals surface area contributed by atoms with Crippen LogP contribution in [0.25, 0.3) is 10.2 Å². The van der Waals surface area contributed by atoms with Gasteiger partial charge in [0.1, 0.15) is 11.6 Å². The van der Waals surface area contributed by atoms with Crippen molar-refractivity contribution in [2.75, 3.05) is 19.6 Å². The number of carbonyl (C=O) groups excluding carboxylic acids is 1. The van der Waals surface area contributed by atoms with Crippen LogP contribution < -0.4 is 11.3 Å². The molecule has 2 N–H and O–H groups in total. The Bertz CT molecular complexity index is 1430. The summed E-state index contributed by atoms with van der Waals surface area (Å²) in [4.78, 5) is 34.1. The molecule has 0 spiro atoms. The zero-order valence-corrected chi connectivity index (χ0v) is 22.2. The molecular weight excluding hydrogens is 489 g/mol. The van der Waals surface area contributed by atoms with Gasteiger partial charge >= 0.3 is 0 Å². The minimum atomic E-state index is -0.327. The Morgan fingerprint density at radius 3 is 2.51 bits per heavy atom. The van der Waals surface area contributed by atoms with Crippen LogP contribution in [0.3, 0.4) is 0 Å². The summed E-state index contributed by atoms with van der Waals surface area (Å²) < 4.78 is 19.5. The number of aryl methyl sites for hydroxylation is 2. The fourth-order valence-corrected chi connectivity index (χ4v) is 5.18. The van der Waals surface area contributed by atoms with E-state index in [1.165, 1.54) is 23.7 Å². The molecule has 2 aromatic heterocycles. The fraction of sp³-hybridized carbons (Fsp3) is 0.357. The summed E-state index contributed by atoms with van der Waals surface area (Å²) in [5.74, 6) is 0.280. The van der Waals surface area contributed by atoms with E-state index in [0.29, 0.717) is 59.8 Å². The third-order valence-electron chi connectivity index (χ3n) is 6.38. The molecule has 2 aromatic carbocycles. The first-order valence-corrected chi connectivity index (χ1v) is 13.2. The summed E-state index contributed by atoms with van der Waals surface area (Å²) in [6, 6.07) is 13.7. The third kappa shape index (κ3) is 6.29. The van der Waals surface area contributed by atoms with Crippen LogP contribution in [0.15, 0.2) is 53.3 Å². The Balaban J connectivity index is 1.62. The number of amides is 1. The minimum Gasteiger partial charge on any atom is -0.338 e. The van der Waals surface area contributed by atoms with E-state index in [1.54, 1.807) is 23.6 Å². The van der Waals surface area contributed by atoms with Crippen molar-refractivity contribution in [3.63, 3.8) is 0 Å². The molecule has 0 aliphatic rings. The number of nitrogens with two attached hydrogens (primary N) is 1. The van der Waals surface area contributed by atoms with E-state index in [0.717, 1.165) is 11.1 Å². The van der Waals surface area contributed by atoms with E-state index in [1.807, 2.05) is 43.0 Å². The quantitative estimate of drug-likeness (QED) is 0.335. The zero-order valence-electron chi connectivity index (χ0n) is 21.4. The Morgan fingerprint density at radius 1 is 1.14 bits per heavy atom. The molecule has 0 bridgehead atoms. The second-order valence-corrected chi connectivity index (χ2v) is 10.3. The van der Waals surface area contributed by atoms with Gasteiger partial charge < -0.3 is 10.6 Å². The number of rotatable bonds is 10. The standard InChI is InChI=1S/C28H32FN5O2S/c1-18-5-9-22(10-6-18)27(35)33(14-4-13-30)16-19(2)15-24-31-26-25(20(3)32-37-26)28(36)34(24)17-21-7-11-23(29)12-8-21/h5-12,19H,4,13-17,30H2,1-3H3.